The first-order valence-corrected chi connectivity index (χ1v) is 6.17. The van der Waals surface area contributed by atoms with E-state index in [1.54, 1.807) is 0 Å². The van der Waals surface area contributed by atoms with Crippen molar-refractivity contribution in [3.63, 3.8) is 0 Å². The Kier molecular flexibility index (Phi) is 5.09. The summed E-state index contributed by atoms with van der Waals surface area (Å²) >= 11 is 0. The van der Waals surface area contributed by atoms with Crippen LogP contribution in [0.25, 0.3) is 0 Å². The maximum atomic E-state index is 11.6. The van der Waals surface area contributed by atoms with E-state index in [2.05, 4.69) is 31.0 Å². The molecule has 3 nitrogen and oxygen atoms in total. The first-order valence-electron chi connectivity index (χ1n) is 6.17. The van der Waals surface area contributed by atoms with Crippen LogP contribution in [0.5, 0.6) is 0 Å². The smallest absolute Gasteiger partial charge is 0.234 e. The minimum Gasteiger partial charge on any atom is -0.355 e. The lowest BCUT2D eigenvalue weighted by atomic mass is 10.3. The molecule has 0 atom stereocenters. The summed E-state index contributed by atoms with van der Waals surface area (Å²) in [5.41, 5.74) is 0. The van der Waals surface area contributed by atoms with Gasteiger partial charge >= 0.3 is 0 Å². The summed E-state index contributed by atoms with van der Waals surface area (Å²) in [4.78, 5) is 13.9. The van der Waals surface area contributed by atoms with Crippen LogP contribution in [-0.4, -0.2) is 36.0 Å². The number of unbranched alkanes of at least 4 members (excludes halogenated alkanes) is 1. The van der Waals surface area contributed by atoms with E-state index in [0.29, 0.717) is 18.6 Å². The molecule has 0 radical (unpaired) electrons. The van der Waals surface area contributed by atoms with Crippen LogP contribution in [0.3, 0.4) is 0 Å². The van der Waals surface area contributed by atoms with E-state index in [9.17, 15) is 4.79 Å². The monoisotopic (exact) mass is 212 g/mol. The highest BCUT2D eigenvalue weighted by Gasteiger charge is 2.31. The van der Waals surface area contributed by atoms with E-state index in [1.807, 2.05) is 0 Å². The minimum absolute atomic E-state index is 0.184. The Labute approximate surface area is 93.2 Å². The van der Waals surface area contributed by atoms with Crippen molar-refractivity contribution < 1.29 is 4.79 Å². The number of carbonyl (C=O) groups is 1. The van der Waals surface area contributed by atoms with Crippen LogP contribution in [0.15, 0.2) is 0 Å². The lowest BCUT2D eigenvalue weighted by molar-refractivity contribution is -0.122. The maximum absolute atomic E-state index is 11.6. The summed E-state index contributed by atoms with van der Waals surface area (Å²) < 4.78 is 0. The molecule has 1 aliphatic carbocycles. The molecule has 0 aromatic rings. The van der Waals surface area contributed by atoms with Gasteiger partial charge in [0, 0.05) is 18.6 Å². The molecule has 0 unspecified atom stereocenters. The van der Waals surface area contributed by atoms with Crippen molar-refractivity contribution in [2.45, 2.75) is 58.5 Å². The fraction of sp³-hybridized carbons (Fsp3) is 0.917. The van der Waals surface area contributed by atoms with Gasteiger partial charge in [0.05, 0.1) is 6.54 Å². The van der Waals surface area contributed by atoms with Gasteiger partial charge in [-0.25, -0.2) is 0 Å². The van der Waals surface area contributed by atoms with Crippen molar-refractivity contribution in [3.8, 4) is 0 Å². The quantitative estimate of drug-likeness (QED) is 0.652. The minimum atomic E-state index is 0.184. The topological polar surface area (TPSA) is 32.3 Å². The van der Waals surface area contributed by atoms with Crippen LogP contribution in [0.1, 0.15) is 46.5 Å². The Bertz CT molecular complexity index is 198. The Morgan fingerprint density at radius 3 is 2.60 bits per heavy atom. The molecule has 0 bridgehead atoms. The van der Waals surface area contributed by atoms with Gasteiger partial charge < -0.3 is 5.32 Å². The van der Waals surface area contributed by atoms with E-state index in [4.69, 9.17) is 0 Å². The van der Waals surface area contributed by atoms with Gasteiger partial charge in [0.1, 0.15) is 0 Å². The van der Waals surface area contributed by atoms with Crippen molar-refractivity contribution in [3.05, 3.63) is 0 Å². The Morgan fingerprint density at radius 2 is 2.13 bits per heavy atom. The lowest BCUT2D eigenvalue weighted by Gasteiger charge is -2.25. The van der Waals surface area contributed by atoms with Crippen molar-refractivity contribution in [2.24, 2.45) is 0 Å². The summed E-state index contributed by atoms with van der Waals surface area (Å²) in [6, 6.07) is 1.15. The largest absolute Gasteiger partial charge is 0.355 e. The van der Waals surface area contributed by atoms with Crippen molar-refractivity contribution in [2.75, 3.05) is 13.1 Å². The third-order valence-electron chi connectivity index (χ3n) is 2.86. The van der Waals surface area contributed by atoms with E-state index in [1.165, 1.54) is 12.8 Å². The molecule has 1 aliphatic rings. The standard InChI is InChI=1S/C12H24N2O/c1-4-5-8-13-12(15)9-14(10(2)3)11-6-7-11/h10-11H,4-9H2,1-3H3,(H,13,15). The van der Waals surface area contributed by atoms with Gasteiger partial charge in [-0.1, -0.05) is 13.3 Å². The lowest BCUT2D eigenvalue weighted by Crippen LogP contribution is -2.42. The number of rotatable bonds is 7. The van der Waals surface area contributed by atoms with Gasteiger partial charge in [-0.05, 0) is 33.1 Å². The maximum Gasteiger partial charge on any atom is 0.234 e. The molecule has 0 aromatic carbocycles. The van der Waals surface area contributed by atoms with E-state index in [-0.39, 0.29) is 5.91 Å². The number of hydrogen-bond donors (Lipinski definition) is 1. The fourth-order valence-corrected chi connectivity index (χ4v) is 1.77. The van der Waals surface area contributed by atoms with Gasteiger partial charge in [0.15, 0.2) is 0 Å². The molecule has 0 spiro atoms. The van der Waals surface area contributed by atoms with Crippen LogP contribution in [0, 0.1) is 0 Å². The number of nitrogens with zero attached hydrogens (tertiary/aromatic N) is 1. The molecule has 88 valence electrons. The van der Waals surface area contributed by atoms with Crippen molar-refractivity contribution in [1.82, 2.24) is 10.2 Å². The van der Waals surface area contributed by atoms with Gasteiger partial charge in [-0.3, -0.25) is 9.69 Å². The summed E-state index contributed by atoms with van der Waals surface area (Å²) in [5.74, 6) is 0.184. The number of amides is 1. The van der Waals surface area contributed by atoms with Gasteiger partial charge in [0.2, 0.25) is 5.91 Å². The second-order valence-electron chi connectivity index (χ2n) is 4.70. The normalized spacial score (nSPS) is 16.1. The zero-order chi connectivity index (χ0) is 11.3. The number of carbonyl (C=O) groups excluding carboxylic acids is 1. The Balaban J connectivity index is 2.21. The van der Waals surface area contributed by atoms with Crippen molar-refractivity contribution >= 4 is 5.91 Å². The van der Waals surface area contributed by atoms with Crippen LogP contribution in [-0.2, 0) is 4.79 Å². The predicted molar refractivity (Wildman–Crippen MR) is 62.8 cm³/mol. The molecule has 1 N–H and O–H groups in total. The average Bonchev–Trinajstić information content (AvgIpc) is 2.97. The van der Waals surface area contributed by atoms with Crippen LogP contribution in [0.2, 0.25) is 0 Å². The summed E-state index contributed by atoms with van der Waals surface area (Å²) in [7, 11) is 0. The molecule has 1 rings (SSSR count). The van der Waals surface area contributed by atoms with Gasteiger partial charge in [-0.2, -0.15) is 0 Å². The highest BCUT2D eigenvalue weighted by Crippen LogP contribution is 2.27. The molecule has 0 heterocycles. The van der Waals surface area contributed by atoms with E-state index in [0.717, 1.165) is 19.4 Å². The first kappa shape index (κ1) is 12.5. The molecule has 1 saturated carbocycles. The molecule has 1 amide bonds. The van der Waals surface area contributed by atoms with Gasteiger partial charge in [-0.15, -0.1) is 0 Å². The number of hydrogen-bond acceptors (Lipinski definition) is 2. The molecule has 0 aliphatic heterocycles. The summed E-state index contributed by atoms with van der Waals surface area (Å²) in [6.07, 6.45) is 4.74. The molecule has 15 heavy (non-hydrogen) atoms. The molecular formula is C12H24N2O. The van der Waals surface area contributed by atoms with Crippen LogP contribution >= 0.6 is 0 Å². The third-order valence-corrected chi connectivity index (χ3v) is 2.86. The number of nitrogens with one attached hydrogen (secondary N) is 1. The third kappa shape index (κ3) is 4.65. The molecule has 1 fully saturated rings. The second kappa shape index (κ2) is 6.11. The highest BCUT2D eigenvalue weighted by molar-refractivity contribution is 5.78. The highest BCUT2D eigenvalue weighted by atomic mass is 16.2. The zero-order valence-corrected chi connectivity index (χ0v) is 10.3. The second-order valence-corrected chi connectivity index (χ2v) is 4.70. The summed E-state index contributed by atoms with van der Waals surface area (Å²) in [6.45, 7) is 7.87. The fourth-order valence-electron chi connectivity index (χ4n) is 1.77. The van der Waals surface area contributed by atoms with Crippen LogP contribution < -0.4 is 5.32 Å². The summed E-state index contributed by atoms with van der Waals surface area (Å²) in [5, 5.41) is 2.97. The average molecular weight is 212 g/mol. The van der Waals surface area contributed by atoms with Gasteiger partial charge in [0.25, 0.3) is 0 Å². The molecular weight excluding hydrogens is 188 g/mol. The van der Waals surface area contributed by atoms with E-state index >= 15 is 0 Å². The van der Waals surface area contributed by atoms with Crippen molar-refractivity contribution in [1.29, 1.82) is 0 Å². The first-order chi connectivity index (χ1) is 7.15. The SMILES string of the molecule is CCCCNC(=O)CN(C(C)C)C1CC1. The van der Waals surface area contributed by atoms with Crippen LogP contribution in [0.4, 0.5) is 0 Å². The molecule has 0 saturated heterocycles. The Morgan fingerprint density at radius 1 is 1.47 bits per heavy atom. The zero-order valence-electron chi connectivity index (χ0n) is 10.3. The molecule has 3 heteroatoms. The Hall–Kier alpha value is -0.570. The van der Waals surface area contributed by atoms with E-state index < -0.39 is 0 Å². The molecule has 0 aromatic heterocycles. The predicted octanol–water partition coefficient (Wildman–Crippen LogP) is 1.78.